The molecule has 17 heavy (non-hydrogen) atoms. The molecule has 0 radical (unpaired) electrons. The van der Waals surface area contributed by atoms with E-state index in [4.69, 9.17) is 0 Å². The van der Waals surface area contributed by atoms with Crippen molar-refractivity contribution in [2.24, 2.45) is 0 Å². The summed E-state index contributed by atoms with van der Waals surface area (Å²) in [5.41, 5.74) is 0.955. The highest BCUT2D eigenvalue weighted by molar-refractivity contribution is 9.11. The van der Waals surface area contributed by atoms with Gasteiger partial charge in [-0.1, -0.05) is 19.8 Å². The van der Waals surface area contributed by atoms with Crippen LogP contribution in [-0.2, 0) is 10.0 Å². The molecule has 1 N–H and O–H groups in total. The van der Waals surface area contributed by atoms with Crippen LogP contribution in [0, 0.1) is 6.92 Å². The van der Waals surface area contributed by atoms with E-state index in [1.54, 1.807) is 6.07 Å². The van der Waals surface area contributed by atoms with E-state index >= 15 is 0 Å². The number of unbranched alkanes of at least 4 members (excludes halogenated alkanes) is 1. The van der Waals surface area contributed by atoms with Gasteiger partial charge in [-0.25, -0.2) is 13.1 Å². The summed E-state index contributed by atoms with van der Waals surface area (Å²) in [6.45, 7) is 5.89. The summed E-state index contributed by atoms with van der Waals surface area (Å²) < 4.78 is 28.1. The molecular formula is C11H18BrNO2S2. The number of hydrogen-bond donors (Lipinski definition) is 1. The molecule has 0 aliphatic carbocycles. The maximum absolute atomic E-state index is 12.0. The second-order valence-electron chi connectivity index (χ2n) is 4.19. The second kappa shape index (κ2) is 6.31. The van der Waals surface area contributed by atoms with E-state index < -0.39 is 10.0 Å². The number of thiophene rings is 1. The number of rotatable bonds is 6. The minimum absolute atomic E-state index is 0.0128. The van der Waals surface area contributed by atoms with Crippen LogP contribution in [0.4, 0.5) is 0 Å². The average molecular weight is 340 g/mol. The molecule has 1 rings (SSSR count). The van der Waals surface area contributed by atoms with Crippen molar-refractivity contribution in [2.45, 2.75) is 50.3 Å². The lowest BCUT2D eigenvalue weighted by Gasteiger charge is -2.12. The van der Waals surface area contributed by atoms with Crippen LogP contribution in [0.2, 0.25) is 0 Å². The Labute approximate surface area is 116 Å². The SMILES string of the molecule is CCCCC(C)NS(=O)(=O)c1cc(C)c(Br)s1. The third kappa shape index (κ3) is 4.35. The molecule has 3 nitrogen and oxygen atoms in total. The van der Waals surface area contributed by atoms with E-state index in [1.165, 1.54) is 11.3 Å². The summed E-state index contributed by atoms with van der Waals surface area (Å²) >= 11 is 4.60. The Bertz CT molecular complexity index is 448. The van der Waals surface area contributed by atoms with Crippen molar-refractivity contribution in [3.8, 4) is 0 Å². The Morgan fingerprint density at radius 2 is 2.18 bits per heavy atom. The average Bonchev–Trinajstić information content (AvgIpc) is 2.56. The minimum atomic E-state index is -3.35. The summed E-state index contributed by atoms with van der Waals surface area (Å²) in [5.74, 6) is 0. The Hall–Kier alpha value is 0.0900. The maximum atomic E-state index is 12.0. The molecule has 0 fully saturated rings. The summed E-state index contributed by atoms with van der Waals surface area (Å²) in [6, 6.07) is 1.69. The molecule has 0 aromatic carbocycles. The lowest BCUT2D eigenvalue weighted by Crippen LogP contribution is -2.32. The predicted octanol–water partition coefficient (Wildman–Crippen LogP) is 3.68. The highest BCUT2D eigenvalue weighted by Gasteiger charge is 2.20. The van der Waals surface area contributed by atoms with E-state index in [2.05, 4.69) is 27.6 Å². The Morgan fingerprint density at radius 3 is 2.65 bits per heavy atom. The van der Waals surface area contributed by atoms with Crippen molar-refractivity contribution < 1.29 is 8.42 Å². The van der Waals surface area contributed by atoms with Gasteiger partial charge in [0.15, 0.2) is 0 Å². The standard InChI is InChI=1S/C11H18BrNO2S2/c1-4-5-6-9(3)13-17(14,15)10-7-8(2)11(12)16-10/h7,9,13H,4-6H2,1-3H3. The van der Waals surface area contributed by atoms with E-state index in [0.717, 1.165) is 28.6 Å². The van der Waals surface area contributed by atoms with Crippen LogP contribution in [0.1, 0.15) is 38.7 Å². The molecule has 98 valence electrons. The number of hydrogen-bond acceptors (Lipinski definition) is 3. The van der Waals surface area contributed by atoms with Gasteiger partial charge < -0.3 is 0 Å². The highest BCUT2D eigenvalue weighted by atomic mass is 79.9. The lowest BCUT2D eigenvalue weighted by molar-refractivity contribution is 0.535. The van der Waals surface area contributed by atoms with Crippen molar-refractivity contribution in [3.05, 3.63) is 15.4 Å². The molecule has 0 spiro atoms. The van der Waals surface area contributed by atoms with E-state index in [9.17, 15) is 8.42 Å². The van der Waals surface area contributed by atoms with Crippen molar-refractivity contribution >= 4 is 37.3 Å². The van der Waals surface area contributed by atoms with Crippen LogP contribution < -0.4 is 4.72 Å². The normalized spacial score (nSPS) is 13.9. The fourth-order valence-corrected chi connectivity index (χ4v) is 4.98. The van der Waals surface area contributed by atoms with Crippen molar-refractivity contribution in [2.75, 3.05) is 0 Å². The van der Waals surface area contributed by atoms with Gasteiger partial charge in [0, 0.05) is 6.04 Å². The Kier molecular flexibility index (Phi) is 5.63. The molecule has 1 heterocycles. The smallest absolute Gasteiger partial charge is 0.208 e. The van der Waals surface area contributed by atoms with Crippen LogP contribution in [-0.4, -0.2) is 14.5 Å². The summed E-state index contributed by atoms with van der Waals surface area (Å²) in [4.78, 5) is 0. The quantitative estimate of drug-likeness (QED) is 0.859. The largest absolute Gasteiger partial charge is 0.250 e. The fraction of sp³-hybridized carbons (Fsp3) is 0.636. The van der Waals surface area contributed by atoms with Gasteiger partial charge in [0.2, 0.25) is 10.0 Å². The van der Waals surface area contributed by atoms with Gasteiger partial charge >= 0.3 is 0 Å². The minimum Gasteiger partial charge on any atom is -0.208 e. The number of halogens is 1. The van der Waals surface area contributed by atoms with Gasteiger partial charge in [0.25, 0.3) is 0 Å². The topological polar surface area (TPSA) is 46.2 Å². The molecule has 1 aromatic rings. The summed E-state index contributed by atoms with van der Waals surface area (Å²) in [7, 11) is -3.35. The maximum Gasteiger partial charge on any atom is 0.250 e. The van der Waals surface area contributed by atoms with E-state index in [0.29, 0.717) is 4.21 Å². The molecule has 0 bridgehead atoms. The van der Waals surface area contributed by atoms with Crippen molar-refractivity contribution in [1.82, 2.24) is 4.72 Å². The van der Waals surface area contributed by atoms with Crippen molar-refractivity contribution in [1.29, 1.82) is 0 Å². The number of nitrogens with one attached hydrogen (secondary N) is 1. The molecule has 0 saturated carbocycles. The van der Waals surface area contributed by atoms with E-state index in [1.807, 2.05) is 13.8 Å². The zero-order chi connectivity index (χ0) is 13.1. The molecule has 0 aliphatic heterocycles. The van der Waals surface area contributed by atoms with Crippen LogP contribution in [0.15, 0.2) is 14.1 Å². The molecule has 1 atom stereocenters. The van der Waals surface area contributed by atoms with Gasteiger partial charge in [-0.15, -0.1) is 11.3 Å². The van der Waals surface area contributed by atoms with Gasteiger partial charge in [-0.05, 0) is 47.8 Å². The fourth-order valence-electron chi connectivity index (χ4n) is 1.46. The highest BCUT2D eigenvalue weighted by Crippen LogP contribution is 2.30. The summed E-state index contributed by atoms with van der Waals surface area (Å²) in [6.07, 6.45) is 2.99. The third-order valence-corrected chi connectivity index (χ3v) is 6.65. The van der Waals surface area contributed by atoms with Gasteiger partial charge in [0.05, 0.1) is 3.79 Å². The van der Waals surface area contributed by atoms with E-state index in [-0.39, 0.29) is 6.04 Å². The zero-order valence-corrected chi connectivity index (χ0v) is 13.5. The number of sulfonamides is 1. The monoisotopic (exact) mass is 339 g/mol. The van der Waals surface area contributed by atoms with Gasteiger partial charge in [-0.3, -0.25) is 0 Å². The van der Waals surface area contributed by atoms with Crippen LogP contribution in [0.3, 0.4) is 0 Å². The van der Waals surface area contributed by atoms with Crippen LogP contribution >= 0.6 is 27.3 Å². The predicted molar refractivity (Wildman–Crippen MR) is 76.1 cm³/mol. The Balaban J connectivity index is 2.75. The molecule has 6 heteroatoms. The molecule has 1 unspecified atom stereocenters. The Morgan fingerprint density at radius 1 is 1.53 bits per heavy atom. The first-order chi connectivity index (χ1) is 7.86. The molecule has 1 aromatic heterocycles. The first-order valence-electron chi connectivity index (χ1n) is 5.65. The number of aryl methyl sites for hydroxylation is 1. The van der Waals surface area contributed by atoms with Gasteiger partial charge in [0.1, 0.15) is 4.21 Å². The molecule has 0 amide bonds. The first kappa shape index (κ1) is 15.1. The second-order valence-corrected chi connectivity index (χ2v) is 8.50. The third-order valence-electron chi connectivity index (χ3n) is 2.45. The van der Waals surface area contributed by atoms with Crippen LogP contribution in [0.25, 0.3) is 0 Å². The molecule has 0 saturated heterocycles. The molecule has 0 aliphatic rings. The van der Waals surface area contributed by atoms with Crippen LogP contribution in [0.5, 0.6) is 0 Å². The first-order valence-corrected chi connectivity index (χ1v) is 8.74. The summed E-state index contributed by atoms with van der Waals surface area (Å²) in [5, 5.41) is 0. The lowest BCUT2D eigenvalue weighted by atomic mass is 10.2. The zero-order valence-electron chi connectivity index (χ0n) is 10.3. The van der Waals surface area contributed by atoms with Crippen molar-refractivity contribution in [3.63, 3.8) is 0 Å². The van der Waals surface area contributed by atoms with Gasteiger partial charge in [-0.2, -0.15) is 0 Å². The molecular weight excluding hydrogens is 322 g/mol.